The van der Waals surface area contributed by atoms with Gasteiger partial charge >= 0.3 is 0 Å². The second-order valence-corrected chi connectivity index (χ2v) is 7.94. The van der Waals surface area contributed by atoms with Crippen molar-refractivity contribution in [1.82, 2.24) is 10.2 Å². The van der Waals surface area contributed by atoms with Crippen LogP contribution in [0.1, 0.15) is 46.5 Å². The molecule has 2 N–H and O–H groups in total. The normalized spacial score (nSPS) is 49.1. The summed E-state index contributed by atoms with van der Waals surface area (Å²) in [5.41, 5.74) is 0.378. The van der Waals surface area contributed by atoms with Crippen LogP contribution in [-0.2, 0) is 0 Å². The van der Waals surface area contributed by atoms with E-state index in [0.717, 1.165) is 6.54 Å². The molecule has 2 aliphatic carbocycles. The van der Waals surface area contributed by atoms with E-state index in [1.54, 1.807) is 0 Å². The zero-order chi connectivity index (χ0) is 13.8. The van der Waals surface area contributed by atoms with Crippen molar-refractivity contribution in [1.29, 1.82) is 0 Å². The molecule has 3 heteroatoms. The SMILES string of the molecule is CN1CCC[C@H]1CN[C@H]1[C@H]2CC[C@@](C)([C@H]1O)C2(C)C. The second-order valence-electron chi connectivity index (χ2n) is 7.94. The van der Waals surface area contributed by atoms with E-state index in [1.165, 1.54) is 32.2 Å². The van der Waals surface area contributed by atoms with Gasteiger partial charge in [0.2, 0.25) is 0 Å². The van der Waals surface area contributed by atoms with Gasteiger partial charge in [-0.25, -0.2) is 0 Å². The number of hydrogen-bond acceptors (Lipinski definition) is 3. The van der Waals surface area contributed by atoms with Gasteiger partial charge in [0.1, 0.15) is 0 Å². The van der Waals surface area contributed by atoms with Crippen LogP contribution in [0.3, 0.4) is 0 Å². The Morgan fingerprint density at radius 3 is 2.53 bits per heavy atom. The third-order valence-corrected chi connectivity index (χ3v) is 7.06. The van der Waals surface area contributed by atoms with Gasteiger partial charge in [-0.05, 0) is 50.6 Å². The van der Waals surface area contributed by atoms with Crippen molar-refractivity contribution in [3.63, 3.8) is 0 Å². The molecule has 0 aromatic heterocycles. The molecule has 5 atom stereocenters. The summed E-state index contributed by atoms with van der Waals surface area (Å²) in [5.74, 6) is 0.638. The van der Waals surface area contributed by atoms with Gasteiger partial charge in [0.25, 0.3) is 0 Å². The number of likely N-dealkylation sites (tertiary alicyclic amines) is 1. The van der Waals surface area contributed by atoms with E-state index in [-0.39, 0.29) is 16.9 Å². The molecule has 1 heterocycles. The molecule has 0 unspecified atom stereocenters. The monoisotopic (exact) mass is 266 g/mol. The van der Waals surface area contributed by atoms with E-state index in [0.29, 0.717) is 18.0 Å². The lowest BCUT2D eigenvalue weighted by atomic mass is 9.70. The minimum absolute atomic E-state index is 0.108. The quantitative estimate of drug-likeness (QED) is 0.818. The molecule has 3 rings (SSSR count). The van der Waals surface area contributed by atoms with Gasteiger partial charge in [0.05, 0.1) is 6.10 Å². The van der Waals surface area contributed by atoms with Crippen molar-refractivity contribution in [2.24, 2.45) is 16.7 Å². The molecule has 2 bridgehead atoms. The predicted octanol–water partition coefficient (Wildman–Crippen LogP) is 1.86. The number of fused-ring (bicyclic) bond motifs is 2. The maximum atomic E-state index is 10.7. The Kier molecular flexibility index (Phi) is 3.23. The van der Waals surface area contributed by atoms with Crippen LogP contribution in [-0.4, -0.2) is 48.3 Å². The molecule has 1 saturated heterocycles. The van der Waals surface area contributed by atoms with Crippen LogP contribution < -0.4 is 5.32 Å². The molecule has 0 spiro atoms. The maximum Gasteiger partial charge on any atom is 0.0754 e. The van der Waals surface area contributed by atoms with Crippen molar-refractivity contribution in [2.75, 3.05) is 20.1 Å². The average Bonchev–Trinajstić information content (AvgIpc) is 2.89. The molecule has 3 fully saturated rings. The standard InChI is InChI=1S/C16H30N2O/c1-15(2)12-7-8-16(15,3)14(19)13(12)17-10-11-6-5-9-18(11)4/h11-14,17,19H,5-10H2,1-4H3/t11-,12+,13-,14-,16-/m0/s1. The first-order valence-electron chi connectivity index (χ1n) is 7.99. The Morgan fingerprint density at radius 1 is 1.26 bits per heavy atom. The summed E-state index contributed by atoms with van der Waals surface area (Å²) in [5, 5.41) is 14.5. The van der Waals surface area contributed by atoms with Crippen molar-refractivity contribution >= 4 is 0 Å². The van der Waals surface area contributed by atoms with Crippen LogP contribution in [0.2, 0.25) is 0 Å². The highest BCUT2D eigenvalue weighted by Gasteiger charge is 2.65. The summed E-state index contributed by atoms with van der Waals surface area (Å²) in [6.45, 7) is 9.28. The Labute approximate surface area is 117 Å². The number of rotatable bonds is 3. The summed E-state index contributed by atoms with van der Waals surface area (Å²) in [6, 6.07) is 0.977. The van der Waals surface area contributed by atoms with Crippen LogP contribution in [0.25, 0.3) is 0 Å². The summed E-state index contributed by atoms with van der Waals surface area (Å²) in [7, 11) is 2.22. The maximum absolute atomic E-state index is 10.7. The molecule has 3 nitrogen and oxygen atoms in total. The van der Waals surface area contributed by atoms with Crippen LogP contribution in [0, 0.1) is 16.7 Å². The predicted molar refractivity (Wildman–Crippen MR) is 78.1 cm³/mol. The van der Waals surface area contributed by atoms with Gasteiger partial charge < -0.3 is 15.3 Å². The van der Waals surface area contributed by atoms with E-state index in [1.807, 2.05) is 0 Å². The van der Waals surface area contributed by atoms with E-state index in [9.17, 15) is 5.11 Å². The average molecular weight is 266 g/mol. The van der Waals surface area contributed by atoms with Crippen LogP contribution in [0.15, 0.2) is 0 Å². The molecule has 1 aliphatic heterocycles. The topological polar surface area (TPSA) is 35.5 Å². The van der Waals surface area contributed by atoms with Crippen LogP contribution in [0.5, 0.6) is 0 Å². The molecule has 0 radical (unpaired) electrons. The van der Waals surface area contributed by atoms with Gasteiger partial charge in [-0.3, -0.25) is 0 Å². The number of aliphatic hydroxyl groups excluding tert-OH is 1. The lowest BCUT2D eigenvalue weighted by Gasteiger charge is -2.37. The Bertz CT molecular complexity index is 357. The molecule has 19 heavy (non-hydrogen) atoms. The summed E-state index contributed by atoms with van der Waals surface area (Å²) < 4.78 is 0. The molecule has 2 saturated carbocycles. The number of nitrogens with zero attached hydrogens (tertiary/aromatic N) is 1. The molecule has 0 aromatic carbocycles. The molecular weight excluding hydrogens is 236 g/mol. The first-order valence-corrected chi connectivity index (χ1v) is 7.99. The fourth-order valence-corrected chi connectivity index (χ4v) is 5.10. The van der Waals surface area contributed by atoms with Gasteiger partial charge in [0, 0.05) is 24.0 Å². The molecule has 110 valence electrons. The minimum Gasteiger partial charge on any atom is -0.391 e. The van der Waals surface area contributed by atoms with E-state index >= 15 is 0 Å². The minimum atomic E-state index is -0.173. The summed E-state index contributed by atoms with van der Waals surface area (Å²) in [4.78, 5) is 2.46. The Morgan fingerprint density at radius 2 is 2.00 bits per heavy atom. The summed E-state index contributed by atoms with van der Waals surface area (Å²) >= 11 is 0. The highest BCUT2D eigenvalue weighted by Crippen LogP contribution is 2.65. The molecule has 3 aliphatic rings. The highest BCUT2D eigenvalue weighted by atomic mass is 16.3. The molecular formula is C16H30N2O. The van der Waals surface area contributed by atoms with Crippen molar-refractivity contribution in [2.45, 2.75) is 64.6 Å². The van der Waals surface area contributed by atoms with E-state index in [2.05, 4.69) is 38.0 Å². The largest absolute Gasteiger partial charge is 0.391 e. The Balaban J connectivity index is 1.66. The number of likely N-dealkylation sites (N-methyl/N-ethyl adjacent to an activating group) is 1. The molecule has 0 aromatic rings. The van der Waals surface area contributed by atoms with Gasteiger partial charge in [-0.15, -0.1) is 0 Å². The van der Waals surface area contributed by atoms with E-state index < -0.39 is 0 Å². The Hall–Kier alpha value is -0.120. The van der Waals surface area contributed by atoms with Crippen LogP contribution in [0.4, 0.5) is 0 Å². The fourth-order valence-electron chi connectivity index (χ4n) is 5.10. The lowest BCUT2D eigenvalue weighted by Crippen LogP contribution is -2.50. The first-order chi connectivity index (χ1) is 8.88. The first kappa shape index (κ1) is 13.8. The fraction of sp³-hybridized carbons (Fsp3) is 1.00. The van der Waals surface area contributed by atoms with Crippen molar-refractivity contribution < 1.29 is 5.11 Å². The third kappa shape index (κ3) is 1.81. The smallest absolute Gasteiger partial charge is 0.0754 e. The number of aliphatic hydroxyl groups is 1. The van der Waals surface area contributed by atoms with Gasteiger partial charge in [-0.2, -0.15) is 0 Å². The summed E-state index contributed by atoms with van der Waals surface area (Å²) in [6.07, 6.45) is 4.92. The number of hydrogen-bond donors (Lipinski definition) is 2. The second kappa shape index (κ2) is 4.44. The van der Waals surface area contributed by atoms with Gasteiger partial charge in [-0.1, -0.05) is 20.8 Å². The zero-order valence-electron chi connectivity index (χ0n) is 12.9. The van der Waals surface area contributed by atoms with Crippen molar-refractivity contribution in [3.8, 4) is 0 Å². The lowest BCUT2D eigenvalue weighted by molar-refractivity contribution is -0.000579. The van der Waals surface area contributed by atoms with E-state index in [4.69, 9.17) is 0 Å². The van der Waals surface area contributed by atoms with Gasteiger partial charge in [0.15, 0.2) is 0 Å². The third-order valence-electron chi connectivity index (χ3n) is 7.06. The van der Waals surface area contributed by atoms with Crippen LogP contribution >= 0.6 is 0 Å². The zero-order valence-corrected chi connectivity index (χ0v) is 12.9. The molecule has 0 amide bonds. The highest BCUT2D eigenvalue weighted by molar-refractivity contribution is 5.17. The van der Waals surface area contributed by atoms with Crippen molar-refractivity contribution in [3.05, 3.63) is 0 Å². The number of nitrogens with one attached hydrogen (secondary N) is 1.